The van der Waals surface area contributed by atoms with Gasteiger partial charge in [-0.05, 0) is 18.4 Å². The van der Waals surface area contributed by atoms with Crippen LogP contribution in [0.15, 0.2) is 32.5 Å². The van der Waals surface area contributed by atoms with Gasteiger partial charge >= 0.3 is 0 Å². The van der Waals surface area contributed by atoms with Crippen molar-refractivity contribution in [3.05, 3.63) is 44.4 Å². The summed E-state index contributed by atoms with van der Waals surface area (Å²) in [7, 11) is 1.80. The Morgan fingerprint density at radius 3 is 2.96 bits per heavy atom. The van der Waals surface area contributed by atoms with Gasteiger partial charge < -0.3 is 9.32 Å². The lowest BCUT2D eigenvalue weighted by atomic mass is 10.3. The number of carbonyl (C=O) groups is 1. The van der Waals surface area contributed by atoms with Crippen molar-refractivity contribution in [2.45, 2.75) is 25.1 Å². The zero-order valence-corrected chi connectivity index (χ0v) is 15.7. The molecular weight excluding hydrogens is 364 g/mol. The van der Waals surface area contributed by atoms with Gasteiger partial charge in [0.05, 0.1) is 29.4 Å². The number of thiazole rings is 1. The summed E-state index contributed by atoms with van der Waals surface area (Å²) in [5, 5.41) is 13.4. The summed E-state index contributed by atoms with van der Waals surface area (Å²) in [5.74, 6) is 0.824. The van der Waals surface area contributed by atoms with E-state index in [2.05, 4.69) is 15.2 Å². The SMILES string of the molecule is Cc1nc(Cc2nnc(SCC(=O)N(C)Cc3cccs3)o2)cs1. The van der Waals surface area contributed by atoms with Gasteiger partial charge in [0.2, 0.25) is 11.8 Å². The second-order valence-corrected chi connectivity index (χ2v) is 8.14. The monoisotopic (exact) mass is 380 g/mol. The van der Waals surface area contributed by atoms with Gasteiger partial charge in [-0.1, -0.05) is 17.8 Å². The number of hydrogen-bond donors (Lipinski definition) is 0. The molecule has 3 aromatic rings. The van der Waals surface area contributed by atoms with E-state index in [0.29, 0.717) is 24.1 Å². The molecule has 9 heteroatoms. The molecule has 0 bridgehead atoms. The molecule has 0 fully saturated rings. The lowest BCUT2D eigenvalue weighted by Gasteiger charge is -2.15. The number of thioether (sulfide) groups is 1. The molecule has 24 heavy (non-hydrogen) atoms. The van der Waals surface area contributed by atoms with E-state index in [9.17, 15) is 4.79 Å². The molecule has 0 N–H and O–H groups in total. The molecule has 3 aromatic heterocycles. The number of carbonyl (C=O) groups excluding carboxylic acids is 1. The summed E-state index contributed by atoms with van der Waals surface area (Å²) >= 11 is 4.50. The standard InChI is InChI=1S/C15H16N4O2S3/c1-10-16-11(8-23-10)6-13-17-18-15(21-13)24-9-14(20)19(2)7-12-4-3-5-22-12/h3-5,8H,6-7,9H2,1-2H3. The van der Waals surface area contributed by atoms with Crippen LogP contribution in [0.25, 0.3) is 0 Å². The van der Waals surface area contributed by atoms with E-state index in [1.54, 1.807) is 34.6 Å². The molecule has 1 amide bonds. The molecular formula is C15H16N4O2S3. The van der Waals surface area contributed by atoms with Crippen LogP contribution in [0.5, 0.6) is 0 Å². The van der Waals surface area contributed by atoms with Crippen LogP contribution in [0.3, 0.4) is 0 Å². The first kappa shape index (κ1) is 17.1. The maximum atomic E-state index is 12.2. The third kappa shape index (κ3) is 4.65. The van der Waals surface area contributed by atoms with Crippen LogP contribution in [-0.2, 0) is 17.8 Å². The Bertz CT molecular complexity index is 797. The topological polar surface area (TPSA) is 72.1 Å². The first-order valence-corrected chi connectivity index (χ1v) is 9.97. The van der Waals surface area contributed by atoms with E-state index in [4.69, 9.17) is 4.42 Å². The normalized spacial score (nSPS) is 10.9. The molecule has 126 valence electrons. The van der Waals surface area contributed by atoms with Crippen molar-refractivity contribution in [1.29, 1.82) is 0 Å². The highest BCUT2D eigenvalue weighted by Gasteiger charge is 2.14. The van der Waals surface area contributed by atoms with Gasteiger partial charge in [0.1, 0.15) is 0 Å². The second-order valence-electron chi connectivity index (χ2n) is 5.11. The molecule has 6 nitrogen and oxygen atoms in total. The van der Waals surface area contributed by atoms with Crippen LogP contribution in [0, 0.1) is 6.92 Å². The summed E-state index contributed by atoms with van der Waals surface area (Å²) in [6.45, 7) is 2.58. The molecule has 0 saturated heterocycles. The third-order valence-electron chi connectivity index (χ3n) is 3.17. The number of thiophene rings is 1. The summed E-state index contributed by atoms with van der Waals surface area (Å²) < 4.78 is 5.57. The number of nitrogens with zero attached hydrogens (tertiary/aromatic N) is 4. The van der Waals surface area contributed by atoms with Crippen molar-refractivity contribution in [1.82, 2.24) is 20.1 Å². The minimum Gasteiger partial charge on any atom is -0.416 e. The van der Waals surface area contributed by atoms with Crippen molar-refractivity contribution in [3.8, 4) is 0 Å². The minimum absolute atomic E-state index is 0.0308. The van der Waals surface area contributed by atoms with Crippen molar-refractivity contribution in [2.75, 3.05) is 12.8 Å². The van der Waals surface area contributed by atoms with Crippen LogP contribution in [-0.4, -0.2) is 38.8 Å². The van der Waals surface area contributed by atoms with E-state index in [1.165, 1.54) is 11.8 Å². The first-order valence-electron chi connectivity index (χ1n) is 7.22. The predicted molar refractivity (Wildman–Crippen MR) is 95.5 cm³/mol. The van der Waals surface area contributed by atoms with Crippen molar-refractivity contribution >= 4 is 40.3 Å². The zero-order chi connectivity index (χ0) is 16.9. The molecule has 0 spiro atoms. The Kier molecular flexibility index (Phi) is 5.64. The third-order valence-corrected chi connectivity index (χ3v) is 5.65. The summed E-state index contributed by atoms with van der Waals surface area (Å²) in [5.41, 5.74) is 0.921. The van der Waals surface area contributed by atoms with Gasteiger partial charge in [0, 0.05) is 17.3 Å². The van der Waals surface area contributed by atoms with Gasteiger partial charge in [0.25, 0.3) is 5.22 Å². The second kappa shape index (κ2) is 7.91. The fourth-order valence-electron chi connectivity index (χ4n) is 1.97. The predicted octanol–water partition coefficient (Wildman–Crippen LogP) is 3.24. The van der Waals surface area contributed by atoms with Gasteiger partial charge in [-0.3, -0.25) is 4.79 Å². The minimum atomic E-state index is 0.0308. The van der Waals surface area contributed by atoms with Crippen LogP contribution in [0.4, 0.5) is 0 Å². The molecule has 0 aromatic carbocycles. The molecule has 0 radical (unpaired) electrons. The quantitative estimate of drug-likeness (QED) is 0.586. The number of aromatic nitrogens is 3. The number of rotatable bonds is 7. The van der Waals surface area contributed by atoms with Gasteiger partial charge in [-0.2, -0.15) is 0 Å². The highest BCUT2D eigenvalue weighted by atomic mass is 32.2. The first-order chi connectivity index (χ1) is 11.6. The average Bonchev–Trinajstić information content (AvgIpc) is 3.29. The van der Waals surface area contributed by atoms with Gasteiger partial charge in [-0.25, -0.2) is 4.98 Å². The summed E-state index contributed by atoms with van der Waals surface area (Å²) in [6, 6.07) is 4.00. The van der Waals surface area contributed by atoms with Gasteiger partial charge in [0.15, 0.2) is 0 Å². The van der Waals surface area contributed by atoms with E-state index >= 15 is 0 Å². The van der Waals surface area contributed by atoms with E-state index in [1.807, 2.05) is 29.8 Å². The molecule has 0 unspecified atom stereocenters. The molecule has 0 aliphatic heterocycles. The molecule has 0 aliphatic carbocycles. The Labute approximate surface area is 151 Å². The molecule has 3 heterocycles. The van der Waals surface area contributed by atoms with Gasteiger partial charge in [-0.15, -0.1) is 32.9 Å². The van der Waals surface area contributed by atoms with E-state index in [-0.39, 0.29) is 11.7 Å². The molecule has 3 rings (SSSR count). The molecule has 0 atom stereocenters. The van der Waals surface area contributed by atoms with Crippen LogP contribution in [0.1, 0.15) is 21.5 Å². The van der Waals surface area contributed by atoms with Crippen molar-refractivity contribution < 1.29 is 9.21 Å². The number of hydrogen-bond acceptors (Lipinski definition) is 8. The smallest absolute Gasteiger partial charge is 0.277 e. The molecule has 0 aliphatic rings. The van der Waals surface area contributed by atoms with Crippen LogP contribution in [0.2, 0.25) is 0 Å². The molecule has 0 saturated carbocycles. The maximum Gasteiger partial charge on any atom is 0.277 e. The lowest BCUT2D eigenvalue weighted by Crippen LogP contribution is -2.27. The summed E-state index contributed by atoms with van der Waals surface area (Å²) in [4.78, 5) is 19.4. The largest absolute Gasteiger partial charge is 0.416 e. The highest BCUT2D eigenvalue weighted by Crippen LogP contribution is 2.19. The maximum absolute atomic E-state index is 12.2. The Morgan fingerprint density at radius 1 is 1.38 bits per heavy atom. The fraction of sp³-hybridized carbons (Fsp3) is 0.333. The average molecular weight is 381 g/mol. The zero-order valence-electron chi connectivity index (χ0n) is 13.3. The fourth-order valence-corrected chi connectivity index (χ4v) is 4.06. The Hall–Kier alpha value is -1.71. The van der Waals surface area contributed by atoms with Crippen molar-refractivity contribution in [2.24, 2.45) is 0 Å². The highest BCUT2D eigenvalue weighted by molar-refractivity contribution is 7.99. The van der Waals surface area contributed by atoms with Crippen LogP contribution < -0.4 is 0 Å². The van der Waals surface area contributed by atoms with Crippen LogP contribution >= 0.6 is 34.4 Å². The number of aryl methyl sites for hydroxylation is 1. The Balaban J connectivity index is 1.48. The summed E-state index contributed by atoms with van der Waals surface area (Å²) in [6.07, 6.45) is 0.518. The lowest BCUT2D eigenvalue weighted by molar-refractivity contribution is -0.127. The number of amides is 1. The van der Waals surface area contributed by atoms with Crippen molar-refractivity contribution in [3.63, 3.8) is 0 Å². The Morgan fingerprint density at radius 2 is 2.25 bits per heavy atom. The van der Waals surface area contributed by atoms with E-state index < -0.39 is 0 Å². The van der Waals surface area contributed by atoms with E-state index in [0.717, 1.165) is 15.6 Å².